The van der Waals surface area contributed by atoms with Crippen molar-refractivity contribution >= 4 is 34.0 Å². The predicted octanol–water partition coefficient (Wildman–Crippen LogP) is 4.18. The number of aromatic nitrogens is 2. The van der Waals surface area contributed by atoms with Crippen molar-refractivity contribution < 1.29 is 9.59 Å². The molecule has 2 amide bonds. The van der Waals surface area contributed by atoms with Crippen molar-refractivity contribution in [3.05, 3.63) is 24.3 Å². The van der Waals surface area contributed by atoms with Crippen LogP contribution in [-0.2, 0) is 9.59 Å². The first-order valence-electron chi connectivity index (χ1n) is 10.2. The van der Waals surface area contributed by atoms with Gasteiger partial charge in [-0.2, -0.15) is 0 Å². The molecule has 0 aliphatic rings. The maximum Gasteiger partial charge on any atom is 0.249 e. The molecule has 0 unspecified atom stereocenters. The normalized spacial score (nSPS) is 13.4. The van der Waals surface area contributed by atoms with Gasteiger partial charge in [0, 0.05) is 31.8 Å². The van der Waals surface area contributed by atoms with E-state index in [1.165, 1.54) is 11.3 Å². The highest BCUT2D eigenvalue weighted by Crippen LogP contribution is 2.28. The molecule has 0 fully saturated rings. The fourth-order valence-corrected chi connectivity index (χ4v) is 3.64. The van der Waals surface area contributed by atoms with E-state index in [-0.39, 0.29) is 23.1 Å². The first-order valence-corrected chi connectivity index (χ1v) is 11.0. The van der Waals surface area contributed by atoms with E-state index in [1.54, 1.807) is 0 Å². The third-order valence-corrected chi connectivity index (χ3v) is 5.68. The highest BCUT2D eigenvalue weighted by Gasteiger charge is 2.28. The van der Waals surface area contributed by atoms with Gasteiger partial charge < -0.3 is 10.2 Å². The first-order chi connectivity index (χ1) is 14.0. The Labute approximate surface area is 183 Å². The lowest BCUT2D eigenvalue weighted by molar-refractivity contribution is -0.128. The largest absolute Gasteiger partial charge is 0.378 e. The molecule has 0 spiro atoms. The van der Waals surface area contributed by atoms with Crippen LogP contribution >= 0.6 is 11.3 Å². The van der Waals surface area contributed by atoms with Gasteiger partial charge in [-0.15, -0.1) is 10.2 Å². The van der Waals surface area contributed by atoms with E-state index in [2.05, 4.69) is 20.8 Å². The number of carbonyl (C=O) groups excluding carboxylic acids is 2. The Morgan fingerprint density at radius 1 is 1.13 bits per heavy atom. The van der Waals surface area contributed by atoms with E-state index in [9.17, 15) is 9.59 Å². The topological polar surface area (TPSA) is 87.2 Å². The van der Waals surface area contributed by atoms with Gasteiger partial charge in [0.2, 0.25) is 16.9 Å². The van der Waals surface area contributed by atoms with Gasteiger partial charge in [-0.05, 0) is 35.6 Å². The zero-order valence-corrected chi connectivity index (χ0v) is 19.8. The summed E-state index contributed by atoms with van der Waals surface area (Å²) >= 11 is 1.31. The number of nitrogens with one attached hydrogen (secondary N) is 2. The molecule has 0 aliphatic carbocycles. The summed E-state index contributed by atoms with van der Waals surface area (Å²) < 4.78 is 0. The summed E-state index contributed by atoms with van der Waals surface area (Å²) in [5.74, 6) is -0.390. The van der Waals surface area contributed by atoms with Gasteiger partial charge in [-0.25, -0.2) is 0 Å². The van der Waals surface area contributed by atoms with Crippen molar-refractivity contribution in [2.24, 2.45) is 11.3 Å². The average Bonchev–Trinajstić information content (AvgIpc) is 3.12. The van der Waals surface area contributed by atoms with Gasteiger partial charge in [0.05, 0.1) is 0 Å². The molecule has 2 aromatic rings. The van der Waals surface area contributed by atoms with Crippen molar-refractivity contribution in [1.29, 1.82) is 0 Å². The van der Waals surface area contributed by atoms with Crippen molar-refractivity contribution in [3.63, 3.8) is 0 Å². The molecule has 164 valence electrons. The Hall–Kier alpha value is -2.48. The lowest BCUT2D eigenvalue weighted by atomic mass is 9.91. The lowest BCUT2D eigenvalue weighted by Gasteiger charge is -2.25. The fraction of sp³-hybridized carbons (Fsp3) is 0.545. The average molecular weight is 432 g/mol. The molecule has 0 saturated heterocycles. The van der Waals surface area contributed by atoms with Crippen LogP contribution in [0.25, 0.3) is 10.6 Å². The second kappa shape index (κ2) is 10.0. The number of amides is 2. The zero-order chi connectivity index (χ0) is 22.5. The van der Waals surface area contributed by atoms with Crippen molar-refractivity contribution in [3.8, 4) is 10.6 Å². The third-order valence-electron chi connectivity index (χ3n) is 4.79. The Bertz CT molecular complexity index is 855. The molecule has 2 N–H and O–H groups in total. The number of hydrogen-bond donors (Lipinski definition) is 2. The van der Waals surface area contributed by atoms with Gasteiger partial charge in [0.1, 0.15) is 11.0 Å². The summed E-state index contributed by atoms with van der Waals surface area (Å²) in [4.78, 5) is 27.3. The molecule has 0 bridgehead atoms. The second-order valence-corrected chi connectivity index (χ2v) is 9.99. The minimum Gasteiger partial charge on any atom is -0.378 e. The highest BCUT2D eigenvalue weighted by molar-refractivity contribution is 7.18. The van der Waals surface area contributed by atoms with Crippen LogP contribution in [0.2, 0.25) is 0 Å². The van der Waals surface area contributed by atoms with E-state index in [4.69, 9.17) is 0 Å². The molecular formula is C22H33N5O2S. The van der Waals surface area contributed by atoms with Crippen LogP contribution in [0, 0.1) is 11.3 Å². The van der Waals surface area contributed by atoms with Gasteiger partial charge in [0.25, 0.3) is 0 Å². The van der Waals surface area contributed by atoms with Crippen LogP contribution in [0.3, 0.4) is 0 Å². The van der Waals surface area contributed by atoms with E-state index in [0.717, 1.165) is 22.7 Å². The Balaban J connectivity index is 2.09. The summed E-state index contributed by atoms with van der Waals surface area (Å²) in [5, 5.41) is 15.2. The van der Waals surface area contributed by atoms with Crippen LogP contribution in [-0.4, -0.2) is 42.1 Å². The molecule has 1 aromatic carbocycles. The molecule has 0 aliphatic heterocycles. The van der Waals surface area contributed by atoms with E-state index in [1.807, 2.05) is 77.9 Å². The molecule has 2 rings (SSSR count). The summed E-state index contributed by atoms with van der Waals surface area (Å²) in [6, 6.07) is 7.38. The van der Waals surface area contributed by atoms with E-state index < -0.39 is 6.04 Å². The number of anilines is 2. The van der Waals surface area contributed by atoms with Gasteiger partial charge in [0.15, 0.2) is 0 Å². The Kier molecular flexibility index (Phi) is 7.95. The quantitative estimate of drug-likeness (QED) is 0.655. The monoisotopic (exact) mass is 431 g/mol. The fourth-order valence-electron chi connectivity index (χ4n) is 2.88. The first kappa shape index (κ1) is 23.8. The number of benzene rings is 1. The summed E-state index contributed by atoms with van der Waals surface area (Å²) in [6.07, 6.45) is 1.13. The van der Waals surface area contributed by atoms with Crippen LogP contribution in [0.15, 0.2) is 24.3 Å². The number of hydrogen-bond acceptors (Lipinski definition) is 6. The van der Waals surface area contributed by atoms with Gasteiger partial charge >= 0.3 is 0 Å². The molecule has 0 saturated carbocycles. The van der Waals surface area contributed by atoms with Gasteiger partial charge in [-0.1, -0.05) is 52.4 Å². The number of nitrogens with zero attached hydrogens (tertiary/aromatic N) is 3. The summed E-state index contributed by atoms with van der Waals surface area (Å²) in [6.45, 7) is 9.96. The van der Waals surface area contributed by atoms with E-state index >= 15 is 0 Å². The van der Waals surface area contributed by atoms with Crippen LogP contribution < -0.4 is 15.5 Å². The van der Waals surface area contributed by atoms with Crippen molar-refractivity contribution in [2.75, 3.05) is 24.3 Å². The van der Waals surface area contributed by atoms with Crippen LogP contribution in [0.5, 0.6) is 0 Å². The second-order valence-electron chi connectivity index (χ2n) is 9.01. The summed E-state index contributed by atoms with van der Waals surface area (Å²) in [7, 11) is 3.98. The lowest BCUT2D eigenvalue weighted by Crippen LogP contribution is -2.48. The SMILES string of the molecule is CC[C@H](C)[C@H](NC(=O)CC(C)(C)C)C(=O)Nc1nnc(-c2ccc(N(C)C)cc2)s1. The zero-order valence-electron chi connectivity index (χ0n) is 18.9. The maximum atomic E-state index is 12.9. The third kappa shape index (κ3) is 6.79. The van der Waals surface area contributed by atoms with Crippen molar-refractivity contribution in [2.45, 2.75) is 53.5 Å². The highest BCUT2D eigenvalue weighted by atomic mass is 32.1. The van der Waals surface area contributed by atoms with E-state index in [0.29, 0.717) is 11.6 Å². The standard InChI is InChI=1S/C22H33N5O2S/c1-8-14(2)18(23-17(28)13-22(3,4)5)19(29)24-21-26-25-20(30-21)15-9-11-16(12-10-15)27(6)7/h9-12,14,18H,8,13H2,1-7H3,(H,23,28)(H,24,26,29)/t14-,18-/m0/s1. The summed E-state index contributed by atoms with van der Waals surface area (Å²) in [5.41, 5.74) is 1.89. The Morgan fingerprint density at radius 2 is 1.77 bits per heavy atom. The predicted molar refractivity (Wildman–Crippen MR) is 124 cm³/mol. The smallest absolute Gasteiger partial charge is 0.249 e. The molecule has 8 heteroatoms. The molecule has 0 radical (unpaired) electrons. The van der Waals surface area contributed by atoms with Crippen LogP contribution in [0.4, 0.5) is 10.8 Å². The minimum absolute atomic E-state index is 0.000104. The molecular weight excluding hydrogens is 398 g/mol. The molecule has 1 heterocycles. The molecule has 1 aromatic heterocycles. The van der Waals surface area contributed by atoms with Crippen molar-refractivity contribution in [1.82, 2.24) is 15.5 Å². The molecule has 7 nitrogen and oxygen atoms in total. The molecule has 2 atom stereocenters. The van der Waals surface area contributed by atoms with Crippen LogP contribution in [0.1, 0.15) is 47.5 Å². The maximum absolute atomic E-state index is 12.9. The minimum atomic E-state index is -0.614. The number of rotatable bonds is 8. The Morgan fingerprint density at radius 3 is 2.30 bits per heavy atom. The van der Waals surface area contributed by atoms with Gasteiger partial charge in [-0.3, -0.25) is 14.9 Å². The molecule has 30 heavy (non-hydrogen) atoms. The number of carbonyl (C=O) groups is 2.